The summed E-state index contributed by atoms with van der Waals surface area (Å²) < 4.78 is 33.7. The van der Waals surface area contributed by atoms with Gasteiger partial charge in [0.15, 0.2) is 17.1 Å². The Morgan fingerprint density at radius 3 is 1.88 bits per heavy atom. The first-order valence-electron chi connectivity index (χ1n) is 6.98. The van der Waals surface area contributed by atoms with Crippen molar-refractivity contribution in [2.75, 3.05) is 4.90 Å². The summed E-state index contributed by atoms with van der Waals surface area (Å²) in [6.45, 7) is 0. The zero-order valence-electron chi connectivity index (χ0n) is 12.1. The second kappa shape index (κ2) is 5.28. The van der Waals surface area contributed by atoms with Gasteiger partial charge in [0.2, 0.25) is 17.8 Å². The van der Waals surface area contributed by atoms with Crippen LogP contribution in [0.2, 0.25) is 0 Å². The molecule has 3 aromatic rings. The van der Waals surface area contributed by atoms with Gasteiger partial charge in [-0.05, 0) is 24.3 Å². The zero-order chi connectivity index (χ0) is 16.7. The van der Waals surface area contributed by atoms with Gasteiger partial charge >= 0.3 is 0 Å². The van der Waals surface area contributed by atoms with E-state index in [1.165, 1.54) is 11.0 Å². The minimum atomic E-state index is -1.21. The van der Waals surface area contributed by atoms with Crippen LogP contribution in [0.3, 0.4) is 0 Å². The summed E-state index contributed by atoms with van der Waals surface area (Å²) in [5.41, 5.74) is 0.271. The van der Waals surface area contributed by atoms with E-state index >= 15 is 0 Å². The van der Waals surface area contributed by atoms with Crippen LogP contribution in [0.25, 0.3) is 0 Å². The van der Waals surface area contributed by atoms with E-state index in [1.807, 2.05) is 0 Å². The Labute approximate surface area is 135 Å². The van der Waals surface area contributed by atoms with Gasteiger partial charge in [-0.15, -0.1) is 0 Å². The SMILES string of the molecule is N#Cc1c(F)nc(N2c3ccccc3Oc3ccccc32)nc1F. The van der Waals surface area contributed by atoms with Crippen molar-refractivity contribution in [2.45, 2.75) is 0 Å². The Kier molecular flexibility index (Phi) is 3.10. The number of anilines is 3. The number of hydrogen-bond acceptors (Lipinski definition) is 5. The van der Waals surface area contributed by atoms with Crippen LogP contribution in [-0.2, 0) is 0 Å². The molecule has 0 bridgehead atoms. The summed E-state index contributed by atoms with van der Waals surface area (Å²) in [5.74, 6) is -1.62. The van der Waals surface area contributed by atoms with Crippen molar-refractivity contribution in [1.82, 2.24) is 9.97 Å². The molecular weight excluding hydrogens is 314 g/mol. The molecule has 7 heteroatoms. The third-order valence-corrected chi connectivity index (χ3v) is 3.55. The molecule has 2 aromatic carbocycles. The highest BCUT2D eigenvalue weighted by Gasteiger charge is 2.28. The van der Waals surface area contributed by atoms with Crippen molar-refractivity contribution in [1.29, 1.82) is 5.26 Å². The first kappa shape index (κ1) is 14.1. The van der Waals surface area contributed by atoms with Crippen LogP contribution in [0.1, 0.15) is 5.56 Å². The lowest BCUT2D eigenvalue weighted by Gasteiger charge is -2.30. The lowest BCUT2D eigenvalue weighted by Crippen LogP contribution is -2.19. The van der Waals surface area contributed by atoms with Crippen molar-refractivity contribution < 1.29 is 13.5 Å². The fourth-order valence-corrected chi connectivity index (χ4v) is 2.51. The minimum absolute atomic E-state index is 0.216. The van der Waals surface area contributed by atoms with Crippen molar-refractivity contribution >= 4 is 17.3 Å². The highest BCUT2D eigenvalue weighted by molar-refractivity contribution is 5.83. The molecular formula is C17H8F2N4O. The maximum Gasteiger partial charge on any atom is 0.240 e. The van der Waals surface area contributed by atoms with Crippen LogP contribution < -0.4 is 9.64 Å². The van der Waals surface area contributed by atoms with Gasteiger partial charge < -0.3 is 4.74 Å². The van der Waals surface area contributed by atoms with Crippen LogP contribution in [0, 0.1) is 23.2 Å². The maximum atomic E-state index is 13.9. The molecule has 1 aromatic heterocycles. The number of para-hydroxylation sites is 4. The van der Waals surface area contributed by atoms with E-state index in [4.69, 9.17) is 10.00 Å². The molecule has 116 valence electrons. The van der Waals surface area contributed by atoms with Crippen LogP contribution in [0.15, 0.2) is 48.5 Å². The van der Waals surface area contributed by atoms with Crippen molar-refractivity contribution in [2.24, 2.45) is 0 Å². The Morgan fingerprint density at radius 2 is 1.38 bits per heavy atom. The van der Waals surface area contributed by atoms with E-state index in [-0.39, 0.29) is 5.95 Å². The largest absolute Gasteiger partial charge is 0.453 e. The summed E-state index contributed by atoms with van der Waals surface area (Å²) in [7, 11) is 0. The van der Waals surface area contributed by atoms with Gasteiger partial charge in [0, 0.05) is 0 Å². The molecule has 1 aliphatic heterocycles. The van der Waals surface area contributed by atoms with E-state index in [0.29, 0.717) is 22.9 Å². The topological polar surface area (TPSA) is 62.0 Å². The predicted octanol–water partition coefficient (Wildman–Crippen LogP) is 4.20. The second-order valence-corrected chi connectivity index (χ2v) is 4.96. The van der Waals surface area contributed by atoms with Crippen molar-refractivity contribution in [3.63, 3.8) is 0 Å². The summed E-state index contributed by atoms with van der Waals surface area (Å²) in [6.07, 6.45) is 0. The van der Waals surface area contributed by atoms with Crippen LogP contribution in [-0.4, -0.2) is 9.97 Å². The molecule has 5 nitrogen and oxygen atoms in total. The fraction of sp³-hybridized carbons (Fsp3) is 0. The molecule has 0 fully saturated rings. The average Bonchev–Trinajstić information content (AvgIpc) is 2.59. The van der Waals surface area contributed by atoms with Gasteiger partial charge in [0.1, 0.15) is 6.07 Å². The van der Waals surface area contributed by atoms with Crippen LogP contribution in [0.5, 0.6) is 11.5 Å². The lowest BCUT2D eigenvalue weighted by atomic mass is 10.2. The smallest absolute Gasteiger partial charge is 0.240 e. The molecule has 0 unspecified atom stereocenters. The predicted molar refractivity (Wildman–Crippen MR) is 81.4 cm³/mol. The van der Waals surface area contributed by atoms with Crippen LogP contribution >= 0.6 is 0 Å². The lowest BCUT2D eigenvalue weighted by molar-refractivity contribution is 0.474. The first-order valence-corrected chi connectivity index (χ1v) is 6.98. The second-order valence-electron chi connectivity index (χ2n) is 4.96. The molecule has 0 saturated carbocycles. The number of nitriles is 1. The number of hydrogen-bond donors (Lipinski definition) is 0. The third kappa shape index (κ3) is 2.05. The van der Waals surface area contributed by atoms with E-state index in [2.05, 4.69) is 9.97 Å². The fourth-order valence-electron chi connectivity index (χ4n) is 2.51. The van der Waals surface area contributed by atoms with E-state index < -0.39 is 17.5 Å². The number of halogens is 2. The number of ether oxygens (including phenoxy) is 1. The highest BCUT2D eigenvalue weighted by Crippen LogP contribution is 2.49. The molecule has 0 N–H and O–H groups in total. The van der Waals surface area contributed by atoms with Crippen molar-refractivity contribution in [3.8, 4) is 17.6 Å². The van der Waals surface area contributed by atoms with E-state index in [1.54, 1.807) is 48.5 Å². The zero-order valence-corrected chi connectivity index (χ0v) is 12.1. The summed E-state index contributed by atoms with van der Waals surface area (Å²) in [4.78, 5) is 8.80. The number of benzene rings is 2. The van der Waals surface area contributed by atoms with Gasteiger partial charge in [-0.25, -0.2) is 0 Å². The van der Waals surface area contributed by atoms with Crippen LogP contribution in [0.4, 0.5) is 26.1 Å². The number of fused-ring (bicyclic) bond motifs is 2. The maximum absolute atomic E-state index is 13.9. The first-order chi connectivity index (χ1) is 11.7. The van der Waals surface area contributed by atoms with E-state index in [9.17, 15) is 8.78 Å². The normalized spacial score (nSPS) is 12.0. The standard InChI is InChI=1S/C17H8F2N4O/c18-15-10(9-20)16(19)22-17(21-15)23-11-5-1-3-7-13(11)24-14-8-4-2-6-12(14)23/h1-8H. The van der Waals surface area contributed by atoms with Gasteiger partial charge in [-0.1, -0.05) is 24.3 Å². The average molecular weight is 322 g/mol. The Bertz CT molecular complexity index is 931. The minimum Gasteiger partial charge on any atom is -0.453 e. The highest BCUT2D eigenvalue weighted by atomic mass is 19.1. The summed E-state index contributed by atoms with van der Waals surface area (Å²) >= 11 is 0. The molecule has 0 spiro atoms. The Balaban J connectivity index is 1.98. The molecule has 1 aliphatic rings. The molecule has 0 radical (unpaired) electrons. The van der Waals surface area contributed by atoms with E-state index in [0.717, 1.165) is 0 Å². The van der Waals surface area contributed by atoms with Gasteiger partial charge in [0.25, 0.3) is 0 Å². The molecule has 0 saturated heterocycles. The monoisotopic (exact) mass is 322 g/mol. The third-order valence-electron chi connectivity index (χ3n) is 3.55. The number of nitrogens with zero attached hydrogens (tertiary/aromatic N) is 4. The molecule has 0 atom stereocenters. The molecule has 0 amide bonds. The van der Waals surface area contributed by atoms with Gasteiger partial charge in [-0.2, -0.15) is 24.0 Å². The quantitative estimate of drug-likeness (QED) is 0.491. The number of aromatic nitrogens is 2. The molecule has 4 rings (SSSR count). The summed E-state index contributed by atoms with van der Waals surface area (Å²) in [5, 5.41) is 8.77. The van der Waals surface area contributed by atoms with Gasteiger partial charge in [-0.3, -0.25) is 4.90 Å². The molecule has 0 aliphatic carbocycles. The Hall–Kier alpha value is -3.53. The van der Waals surface area contributed by atoms with Gasteiger partial charge in [0.05, 0.1) is 11.4 Å². The molecule has 24 heavy (non-hydrogen) atoms. The van der Waals surface area contributed by atoms with Crippen molar-refractivity contribution in [3.05, 3.63) is 66.0 Å². The Morgan fingerprint density at radius 1 is 0.875 bits per heavy atom. The molecule has 2 heterocycles. The number of rotatable bonds is 1. The summed E-state index contributed by atoms with van der Waals surface area (Å²) in [6, 6.07) is 15.4.